The maximum atomic E-state index is 12.5. The van der Waals surface area contributed by atoms with Crippen molar-refractivity contribution in [2.45, 2.75) is 25.0 Å². The highest BCUT2D eigenvalue weighted by Crippen LogP contribution is 2.36. The molecule has 0 unspecified atom stereocenters. The lowest BCUT2D eigenvalue weighted by Gasteiger charge is -2.29. The highest BCUT2D eigenvalue weighted by Gasteiger charge is 2.30. The van der Waals surface area contributed by atoms with Crippen LogP contribution in [0.1, 0.15) is 20.8 Å². The lowest BCUT2D eigenvalue weighted by molar-refractivity contribution is 0.273. The molecule has 4 nitrogen and oxygen atoms in total. The van der Waals surface area contributed by atoms with Crippen LogP contribution in [0.2, 0.25) is 5.02 Å². The Balaban J connectivity index is 3.09. The molecule has 0 saturated heterocycles. The maximum Gasteiger partial charge on any atom is 0.252 e. The number of nitrogens with zero attached hydrogens (tertiary/aromatic N) is 1. The molecule has 110 valence electrons. The Kier molecular flexibility index (Phi) is 5.86. The van der Waals surface area contributed by atoms with E-state index >= 15 is 0 Å². The van der Waals surface area contributed by atoms with Crippen LogP contribution in [0.15, 0.2) is 14.1 Å². The maximum absolute atomic E-state index is 12.5. The predicted octanol–water partition coefficient (Wildman–Crippen LogP) is 3.16. The van der Waals surface area contributed by atoms with Gasteiger partial charge in [0.05, 0.1) is 8.81 Å². The number of rotatable bonds is 6. The van der Waals surface area contributed by atoms with Gasteiger partial charge in [0.2, 0.25) is 0 Å². The molecule has 2 N–H and O–H groups in total. The fourth-order valence-corrected chi connectivity index (χ4v) is 5.68. The standard InChI is InChI=1S/C11H18BrClN2O2S2/c1-4-15(7-11(2,3)6-14)19(16,17)9-5-8(13)10(12)18-9/h5H,4,6-7,14H2,1-3H3. The molecule has 0 saturated carbocycles. The van der Waals surface area contributed by atoms with Crippen LogP contribution in [-0.2, 0) is 10.0 Å². The zero-order chi connectivity index (χ0) is 14.8. The SMILES string of the molecule is CCN(CC(C)(C)CN)S(=O)(=O)c1cc(Cl)c(Br)s1. The molecule has 0 radical (unpaired) electrons. The molecule has 0 aliphatic heterocycles. The first-order valence-electron chi connectivity index (χ1n) is 5.79. The monoisotopic (exact) mass is 388 g/mol. The van der Waals surface area contributed by atoms with Gasteiger partial charge in [0.15, 0.2) is 0 Å². The van der Waals surface area contributed by atoms with Gasteiger partial charge < -0.3 is 5.73 Å². The van der Waals surface area contributed by atoms with Crippen molar-refractivity contribution in [1.29, 1.82) is 0 Å². The summed E-state index contributed by atoms with van der Waals surface area (Å²) in [5.41, 5.74) is 5.41. The van der Waals surface area contributed by atoms with Gasteiger partial charge in [-0.15, -0.1) is 11.3 Å². The normalized spacial score (nSPS) is 13.2. The van der Waals surface area contributed by atoms with Crippen LogP contribution in [0.4, 0.5) is 0 Å². The first-order valence-corrected chi connectivity index (χ1v) is 9.22. The largest absolute Gasteiger partial charge is 0.330 e. The van der Waals surface area contributed by atoms with E-state index in [0.29, 0.717) is 28.4 Å². The molecule has 0 atom stereocenters. The highest BCUT2D eigenvalue weighted by atomic mass is 79.9. The number of thiophene rings is 1. The predicted molar refractivity (Wildman–Crippen MR) is 84.3 cm³/mol. The van der Waals surface area contributed by atoms with E-state index in [1.165, 1.54) is 10.4 Å². The van der Waals surface area contributed by atoms with E-state index in [1.54, 1.807) is 0 Å². The van der Waals surface area contributed by atoms with Crippen LogP contribution >= 0.6 is 38.9 Å². The van der Waals surface area contributed by atoms with Gasteiger partial charge in [0.25, 0.3) is 10.0 Å². The third kappa shape index (κ3) is 4.15. The van der Waals surface area contributed by atoms with Crippen molar-refractivity contribution >= 4 is 48.9 Å². The van der Waals surface area contributed by atoms with E-state index in [-0.39, 0.29) is 9.62 Å². The van der Waals surface area contributed by atoms with Gasteiger partial charge in [-0.2, -0.15) is 4.31 Å². The van der Waals surface area contributed by atoms with Crippen molar-refractivity contribution in [1.82, 2.24) is 4.31 Å². The minimum absolute atomic E-state index is 0.249. The van der Waals surface area contributed by atoms with Gasteiger partial charge in [0, 0.05) is 13.1 Å². The van der Waals surface area contributed by atoms with Crippen molar-refractivity contribution < 1.29 is 8.42 Å². The van der Waals surface area contributed by atoms with E-state index < -0.39 is 10.0 Å². The smallest absolute Gasteiger partial charge is 0.252 e. The fourth-order valence-electron chi connectivity index (χ4n) is 1.49. The molecule has 0 aliphatic rings. The molecular weight excluding hydrogens is 372 g/mol. The molecule has 0 spiro atoms. The Morgan fingerprint density at radius 3 is 2.47 bits per heavy atom. The summed E-state index contributed by atoms with van der Waals surface area (Å²) in [6.45, 7) is 6.92. The van der Waals surface area contributed by atoms with Gasteiger partial charge in [-0.3, -0.25) is 0 Å². The second-order valence-electron chi connectivity index (χ2n) is 4.99. The van der Waals surface area contributed by atoms with Gasteiger partial charge in [-0.05, 0) is 34.0 Å². The molecule has 0 fully saturated rings. The first kappa shape index (κ1) is 17.4. The molecule has 0 aromatic carbocycles. The summed E-state index contributed by atoms with van der Waals surface area (Å²) < 4.78 is 27.4. The molecule has 1 rings (SSSR count). The number of nitrogens with two attached hydrogens (primary N) is 1. The van der Waals surface area contributed by atoms with Crippen LogP contribution < -0.4 is 5.73 Å². The Labute approximate surface area is 132 Å². The number of hydrogen-bond acceptors (Lipinski definition) is 4. The van der Waals surface area contributed by atoms with Gasteiger partial charge >= 0.3 is 0 Å². The van der Waals surface area contributed by atoms with E-state index in [0.717, 1.165) is 11.3 Å². The lowest BCUT2D eigenvalue weighted by Crippen LogP contribution is -2.41. The summed E-state index contributed by atoms with van der Waals surface area (Å²) in [6.07, 6.45) is 0. The van der Waals surface area contributed by atoms with Crippen LogP contribution in [0.3, 0.4) is 0 Å². The van der Waals surface area contributed by atoms with Crippen molar-refractivity contribution in [3.05, 3.63) is 14.9 Å². The third-order valence-corrected chi connectivity index (χ3v) is 7.57. The molecule has 19 heavy (non-hydrogen) atoms. The Hall–Kier alpha value is 0.340. The molecule has 0 amide bonds. The van der Waals surface area contributed by atoms with Gasteiger partial charge in [0.1, 0.15) is 4.21 Å². The van der Waals surface area contributed by atoms with Crippen LogP contribution in [0.5, 0.6) is 0 Å². The summed E-state index contributed by atoms with van der Waals surface area (Å²) in [6, 6.07) is 1.48. The lowest BCUT2D eigenvalue weighted by atomic mass is 9.94. The molecule has 8 heteroatoms. The zero-order valence-electron chi connectivity index (χ0n) is 11.1. The molecular formula is C11H18BrClN2O2S2. The van der Waals surface area contributed by atoms with E-state index in [2.05, 4.69) is 15.9 Å². The summed E-state index contributed by atoms with van der Waals surface area (Å²) in [7, 11) is -3.51. The molecule has 1 heterocycles. The molecule has 1 aromatic rings. The highest BCUT2D eigenvalue weighted by molar-refractivity contribution is 9.11. The van der Waals surface area contributed by atoms with Gasteiger partial charge in [-0.1, -0.05) is 32.4 Å². The molecule has 0 aliphatic carbocycles. The zero-order valence-corrected chi connectivity index (χ0v) is 15.1. The number of hydrogen-bond donors (Lipinski definition) is 1. The third-order valence-electron chi connectivity index (χ3n) is 2.73. The fraction of sp³-hybridized carbons (Fsp3) is 0.636. The van der Waals surface area contributed by atoms with Crippen molar-refractivity contribution in [3.8, 4) is 0 Å². The van der Waals surface area contributed by atoms with E-state index in [9.17, 15) is 8.42 Å². The topological polar surface area (TPSA) is 63.4 Å². The summed E-state index contributed by atoms with van der Waals surface area (Å²) in [5.74, 6) is 0. The Morgan fingerprint density at radius 1 is 1.53 bits per heavy atom. The van der Waals surface area contributed by atoms with Crippen LogP contribution in [0, 0.1) is 5.41 Å². The average Bonchev–Trinajstić information content (AvgIpc) is 2.67. The second kappa shape index (κ2) is 6.41. The van der Waals surface area contributed by atoms with E-state index in [1.807, 2.05) is 20.8 Å². The Bertz CT molecular complexity index is 523. The summed E-state index contributed by atoms with van der Waals surface area (Å²) in [5, 5.41) is 0.415. The second-order valence-corrected chi connectivity index (χ2v) is 9.93. The van der Waals surface area contributed by atoms with Crippen molar-refractivity contribution in [2.24, 2.45) is 11.1 Å². The quantitative estimate of drug-likeness (QED) is 0.813. The first-order chi connectivity index (χ1) is 8.64. The Morgan fingerprint density at radius 2 is 2.11 bits per heavy atom. The van der Waals surface area contributed by atoms with Crippen LogP contribution in [0.25, 0.3) is 0 Å². The van der Waals surface area contributed by atoms with Crippen molar-refractivity contribution in [2.75, 3.05) is 19.6 Å². The van der Waals surface area contributed by atoms with E-state index in [4.69, 9.17) is 17.3 Å². The summed E-state index contributed by atoms with van der Waals surface area (Å²) in [4.78, 5) is 0. The average molecular weight is 390 g/mol. The minimum Gasteiger partial charge on any atom is -0.330 e. The molecule has 1 aromatic heterocycles. The minimum atomic E-state index is -3.51. The van der Waals surface area contributed by atoms with Crippen molar-refractivity contribution in [3.63, 3.8) is 0 Å². The van der Waals surface area contributed by atoms with Gasteiger partial charge in [-0.25, -0.2) is 8.42 Å². The number of halogens is 2. The van der Waals surface area contributed by atoms with Crippen LogP contribution in [-0.4, -0.2) is 32.4 Å². The summed E-state index contributed by atoms with van der Waals surface area (Å²) >= 11 is 10.3. The molecule has 0 bridgehead atoms. The number of sulfonamides is 1.